The Kier molecular flexibility index (Phi) is 3.55. The third-order valence-corrected chi connectivity index (χ3v) is 4.73. The SMILES string of the molecule is CSN1CC(C#N)(Nc2ccnc(-c3ncnc4[nH]ccc34)n2)C1. The largest absolute Gasteiger partial charge is 0.350 e. The van der Waals surface area contributed by atoms with Crippen LogP contribution in [0.5, 0.6) is 0 Å². The summed E-state index contributed by atoms with van der Waals surface area (Å²) < 4.78 is 2.12. The van der Waals surface area contributed by atoms with Crippen molar-refractivity contribution >= 4 is 28.8 Å². The Bertz CT molecular complexity index is 924. The summed E-state index contributed by atoms with van der Waals surface area (Å²) in [5, 5.41) is 13.6. The van der Waals surface area contributed by atoms with E-state index in [2.05, 4.69) is 40.6 Å². The number of nitriles is 1. The van der Waals surface area contributed by atoms with E-state index in [0.29, 0.717) is 30.4 Å². The van der Waals surface area contributed by atoms with Gasteiger partial charge >= 0.3 is 0 Å². The average Bonchev–Trinajstić information content (AvgIpc) is 3.06. The van der Waals surface area contributed by atoms with Crippen molar-refractivity contribution in [3.05, 3.63) is 30.9 Å². The number of nitrogens with zero attached hydrogens (tertiary/aromatic N) is 6. The first-order valence-electron chi connectivity index (χ1n) is 7.33. The summed E-state index contributed by atoms with van der Waals surface area (Å²) in [5.74, 6) is 1.12. The lowest BCUT2D eigenvalue weighted by Gasteiger charge is -2.44. The molecule has 0 bridgehead atoms. The second kappa shape index (κ2) is 5.74. The highest BCUT2D eigenvalue weighted by atomic mass is 32.2. The van der Waals surface area contributed by atoms with E-state index in [1.54, 1.807) is 30.4 Å². The van der Waals surface area contributed by atoms with Crippen LogP contribution in [-0.2, 0) is 0 Å². The summed E-state index contributed by atoms with van der Waals surface area (Å²) in [6.07, 6.45) is 6.96. The van der Waals surface area contributed by atoms with E-state index in [9.17, 15) is 5.26 Å². The van der Waals surface area contributed by atoms with Crippen molar-refractivity contribution in [2.75, 3.05) is 24.7 Å². The van der Waals surface area contributed by atoms with Crippen molar-refractivity contribution < 1.29 is 0 Å². The molecule has 0 unspecified atom stereocenters. The van der Waals surface area contributed by atoms with Crippen molar-refractivity contribution in [3.63, 3.8) is 0 Å². The third-order valence-electron chi connectivity index (χ3n) is 3.95. The number of aromatic amines is 1. The number of hydrogen-bond acceptors (Lipinski definition) is 8. The van der Waals surface area contributed by atoms with Crippen LogP contribution in [-0.4, -0.2) is 54.1 Å². The number of H-pyrrole nitrogens is 1. The summed E-state index contributed by atoms with van der Waals surface area (Å²) in [6.45, 7) is 1.30. The molecule has 0 aliphatic carbocycles. The summed E-state index contributed by atoms with van der Waals surface area (Å²) in [4.78, 5) is 20.4. The molecule has 0 radical (unpaired) electrons. The maximum Gasteiger partial charge on any atom is 0.180 e. The summed E-state index contributed by atoms with van der Waals surface area (Å²) in [5.41, 5.74) is 0.796. The Morgan fingerprint density at radius 1 is 1.33 bits per heavy atom. The normalized spacial score (nSPS) is 16.5. The van der Waals surface area contributed by atoms with E-state index in [1.807, 2.05) is 12.3 Å². The Hall–Kier alpha value is -2.70. The van der Waals surface area contributed by atoms with Crippen LogP contribution in [0.3, 0.4) is 0 Å². The standard InChI is InChI=1S/C15H14N8S/c1-24-23-7-15(6-16,8-23)22-11-3-5-18-14(21-11)12-10-2-4-17-13(10)20-9-19-12/h2-5,9H,7-8H2,1H3,(H,17,19,20)(H,18,21,22). The number of anilines is 1. The maximum atomic E-state index is 9.49. The second-order valence-corrected chi connectivity index (χ2v) is 6.41. The Morgan fingerprint density at radius 3 is 3.00 bits per heavy atom. The molecule has 120 valence electrons. The van der Waals surface area contributed by atoms with Gasteiger partial charge < -0.3 is 10.3 Å². The highest BCUT2D eigenvalue weighted by Crippen LogP contribution is 2.29. The van der Waals surface area contributed by atoms with E-state index < -0.39 is 5.54 Å². The van der Waals surface area contributed by atoms with Crippen LogP contribution < -0.4 is 5.32 Å². The van der Waals surface area contributed by atoms with Gasteiger partial charge in [0, 0.05) is 30.9 Å². The topological polar surface area (TPSA) is 106 Å². The molecule has 3 aromatic rings. The van der Waals surface area contributed by atoms with Crippen LogP contribution in [0.25, 0.3) is 22.6 Å². The zero-order valence-electron chi connectivity index (χ0n) is 12.9. The third kappa shape index (κ3) is 2.46. The van der Waals surface area contributed by atoms with E-state index in [-0.39, 0.29) is 0 Å². The molecule has 4 heterocycles. The van der Waals surface area contributed by atoms with E-state index in [1.165, 1.54) is 6.33 Å². The van der Waals surface area contributed by atoms with Gasteiger partial charge in [-0.15, -0.1) is 0 Å². The zero-order chi connectivity index (χ0) is 16.6. The van der Waals surface area contributed by atoms with Gasteiger partial charge in [-0.1, -0.05) is 11.9 Å². The Labute approximate surface area is 142 Å². The van der Waals surface area contributed by atoms with Gasteiger partial charge in [-0.25, -0.2) is 24.2 Å². The molecule has 1 fully saturated rings. The van der Waals surface area contributed by atoms with Crippen LogP contribution in [0.1, 0.15) is 0 Å². The van der Waals surface area contributed by atoms with Crippen LogP contribution in [0, 0.1) is 11.3 Å². The molecule has 0 aromatic carbocycles. The number of aromatic nitrogens is 5. The van der Waals surface area contributed by atoms with Crippen LogP contribution in [0.4, 0.5) is 5.82 Å². The first-order valence-corrected chi connectivity index (χ1v) is 8.51. The zero-order valence-corrected chi connectivity index (χ0v) is 13.7. The fraction of sp³-hybridized carbons (Fsp3) is 0.267. The quantitative estimate of drug-likeness (QED) is 0.692. The van der Waals surface area contributed by atoms with Crippen molar-refractivity contribution in [3.8, 4) is 17.6 Å². The Balaban J connectivity index is 1.65. The Morgan fingerprint density at radius 2 is 2.21 bits per heavy atom. The lowest BCUT2D eigenvalue weighted by atomic mass is 9.94. The molecule has 1 aliphatic heterocycles. The minimum atomic E-state index is -0.607. The molecule has 0 saturated carbocycles. The molecule has 0 atom stereocenters. The molecule has 0 spiro atoms. The molecule has 24 heavy (non-hydrogen) atoms. The molecule has 9 heteroatoms. The van der Waals surface area contributed by atoms with Crippen LogP contribution >= 0.6 is 11.9 Å². The van der Waals surface area contributed by atoms with E-state index >= 15 is 0 Å². The molecule has 4 rings (SSSR count). The van der Waals surface area contributed by atoms with Gasteiger partial charge in [0.2, 0.25) is 0 Å². The monoisotopic (exact) mass is 338 g/mol. The summed E-state index contributed by atoms with van der Waals surface area (Å²) >= 11 is 1.63. The van der Waals surface area contributed by atoms with Crippen LogP contribution in [0.15, 0.2) is 30.9 Å². The average molecular weight is 338 g/mol. The predicted octanol–water partition coefficient (Wildman–Crippen LogP) is 1.68. The van der Waals surface area contributed by atoms with Crippen molar-refractivity contribution in [2.45, 2.75) is 5.54 Å². The molecular weight excluding hydrogens is 324 g/mol. The van der Waals surface area contributed by atoms with Crippen molar-refractivity contribution in [1.82, 2.24) is 29.2 Å². The van der Waals surface area contributed by atoms with Gasteiger partial charge in [0.1, 0.15) is 23.5 Å². The molecule has 1 saturated heterocycles. The summed E-state index contributed by atoms with van der Waals surface area (Å²) in [7, 11) is 0. The molecule has 3 aromatic heterocycles. The smallest absolute Gasteiger partial charge is 0.180 e. The number of hydrogen-bond donors (Lipinski definition) is 2. The lowest BCUT2D eigenvalue weighted by Crippen LogP contribution is -2.62. The van der Waals surface area contributed by atoms with E-state index in [4.69, 9.17) is 0 Å². The van der Waals surface area contributed by atoms with Gasteiger partial charge in [0.05, 0.1) is 6.07 Å². The molecule has 8 nitrogen and oxygen atoms in total. The first kappa shape index (κ1) is 14.9. The van der Waals surface area contributed by atoms with Gasteiger partial charge in [0.15, 0.2) is 11.4 Å². The van der Waals surface area contributed by atoms with Gasteiger partial charge in [0.25, 0.3) is 0 Å². The van der Waals surface area contributed by atoms with Crippen molar-refractivity contribution in [2.24, 2.45) is 0 Å². The fourth-order valence-corrected chi connectivity index (χ4v) is 3.40. The van der Waals surface area contributed by atoms with Gasteiger partial charge in [-0.05, 0) is 18.4 Å². The van der Waals surface area contributed by atoms with Gasteiger partial charge in [-0.3, -0.25) is 0 Å². The minimum absolute atomic E-state index is 0.501. The minimum Gasteiger partial charge on any atom is -0.350 e. The molecule has 0 amide bonds. The fourth-order valence-electron chi connectivity index (χ4n) is 2.70. The van der Waals surface area contributed by atoms with Crippen molar-refractivity contribution in [1.29, 1.82) is 5.26 Å². The highest BCUT2D eigenvalue weighted by Gasteiger charge is 2.43. The molecule has 1 aliphatic rings. The molecular formula is C15H14N8S. The first-order chi connectivity index (χ1) is 11.7. The van der Waals surface area contributed by atoms with Crippen LogP contribution in [0.2, 0.25) is 0 Å². The number of nitrogens with one attached hydrogen (secondary N) is 2. The molecule has 2 N–H and O–H groups in total. The number of rotatable bonds is 4. The van der Waals surface area contributed by atoms with Gasteiger partial charge in [-0.2, -0.15) is 5.26 Å². The van der Waals surface area contributed by atoms with E-state index in [0.717, 1.165) is 11.0 Å². The number of fused-ring (bicyclic) bond motifs is 1. The second-order valence-electron chi connectivity index (χ2n) is 5.53. The lowest BCUT2D eigenvalue weighted by molar-refractivity contribution is 0.249. The predicted molar refractivity (Wildman–Crippen MR) is 92.0 cm³/mol. The maximum absolute atomic E-state index is 9.49. The highest BCUT2D eigenvalue weighted by molar-refractivity contribution is 7.96. The summed E-state index contributed by atoms with van der Waals surface area (Å²) in [6, 6.07) is 6.02.